The van der Waals surface area contributed by atoms with Gasteiger partial charge in [0, 0.05) is 19.3 Å². The molecule has 18 heavy (non-hydrogen) atoms. The summed E-state index contributed by atoms with van der Waals surface area (Å²) in [5.41, 5.74) is -0.264. The first-order valence-electron chi connectivity index (χ1n) is 6.62. The van der Waals surface area contributed by atoms with E-state index in [1.54, 1.807) is 0 Å². The molecule has 1 heterocycles. The number of rotatable bonds is 5. The lowest BCUT2D eigenvalue weighted by Gasteiger charge is -2.27. The van der Waals surface area contributed by atoms with Gasteiger partial charge in [-0.15, -0.1) is 0 Å². The lowest BCUT2D eigenvalue weighted by molar-refractivity contribution is -0.0456. The molecule has 0 bridgehead atoms. The number of anilines is 1. The highest BCUT2D eigenvalue weighted by atomic mass is 79.9. The van der Waals surface area contributed by atoms with Crippen LogP contribution in [-0.4, -0.2) is 23.1 Å². The van der Waals surface area contributed by atoms with Gasteiger partial charge in [0.2, 0.25) is 0 Å². The van der Waals surface area contributed by atoms with Crippen LogP contribution in [0, 0.1) is 0 Å². The van der Waals surface area contributed by atoms with Crippen molar-refractivity contribution in [2.24, 2.45) is 0 Å². The third-order valence-corrected chi connectivity index (χ3v) is 3.91. The van der Waals surface area contributed by atoms with E-state index in [-0.39, 0.29) is 5.60 Å². The van der Waals surface area contributed by atoms with Crippen molar-refractivity contribution in [2.45, 2.75) is 45.1 Å². The minimum absolute atomic E-state index is 0.264. The maximum atomic E-state index is 5.98. The van der Waals surface area contributed by atoms with Gasteiger partial charge in [-0.05, 0) is 55.5 Å². The van der Waals surface area contributed by atoms with Gasteiger partial charge < -0.3 is 10.1 Å². The quantitative estimate of drug-likeness (QED) is 0.904. The number of nitrogens with one attached hydrogen (secondary N) is 1. The highest BCUT2D eigenvalue weighted by Gasteiger charge is 2.39. The van der Waals surface area contributed by atoms with Crippen LogP contribution >= 0.6 is 15.9 Å². The molecule has 0 saturated heterocycles. The molecule has 0 unspecified atom stereocenters. The second kappa shape index (κ2) is 5.97. The van der Waals surface area contributed by atoms with E-state index < -0.39 is 0 Å². The summed E-state index contributed by atoms with van der Waals surface area (Å²) in [5, 5.41) is 3.25. The van der Waals surface area contributed by atoms with Crippen LogP contribution in [-0.2, 0) is 10.3 Å². The van der Waals surface area contributed by atoms with Crippen molar-refractivity contribution in [1.29, 1.82) is 0 Å². The van der Waals surface area contributed by atoms with Crippen LogP contribution in [0.4, 0.5) is 5.82 Å². The molecule has 0 spiro atoms. The summed E-state index contributed by atoms with van der Waals surface area (Å²) in [7, 11) is 0. The number of halogens is 1. The average molecular weight is 314 g/mol. The van der Waals surface area contributed by atoms with Crippen LogP contribution in [0.3, 0.4) is 0 Å². The predicted octanol–water partition coefficient (Wildman–Crippen LogP) is 3.48. The van der Waals surface area contributed by atoms with Crippen molar-refractivity contribution in [3.05, 3.63) is 16.5 Å². The van der Waals surface area contributed by atoms with Crippen LogP contribution in [0.15, 0.2) is 10.7 Å². The van der Waals surface area contributed by atoms with Gasteiger partial charge >= 0.3 is 0 Å². The van der Waals surface area contributed by atoms with Crippen molar-refractivity contribution in [2.75, 3.05) is 18.5 Å². The number of aromatic nitrogens is 2. The van der Waals surface area contributed by atoms with Gasteiger partial charge in [-0.3, -0.25) is 0 Å². The molecule has 1 fully saturated rings. The third-order valence-electron chi connectivity index (χ3n) is 3.33. The van der Waals surface area contributed by atoms with Crippen LogP contribution in [0.5, 0.6) is 0 Å². The van der Waals surface area contributed by atoms with E-state index in [1.165, 1.54) is 12.8 Å². The van der Waals surface area contributed by atoms with Crippen molar-refractivity contribution >= 4 is 21.7 Å². The second-order valence-electron chi connectivity index (χ2n) is 4.55. The van der Waals surface area contributed by atoms with Crippen LogP contribution in [0.1, 0.15) is 45.4 Å². The summed E-state index contributed by atoms with van der Waals surface area (Å²) in [6, 6.07) is 0. The third kappa shape index (κ3) is 2.67. The lowest BCUT2D eigenvalue weighted by atomic mass is 10.0. The Kier molecular flexibility index (Phi) is 4.56. The fourth-order valence-corrected chi connectivity index (χ4v) is 2.86. The number of hydrogen-bond acceptors (Lipinski definition) is 4. The fraction of sp³-hybridized carbons (Fsp3) is 0.692. The van der Waals surface area contributed by atoms with Gasteiger partial charge in [0.05, 0.1) is 4.47 Å². The van der Waals surface area contributed by atoms with E-state index in [0.717, 1.165) is 35.5 Å². The Labute approximate surface area is 117 Å². The predicted molar refractivity (Wildman–Crippen MR) is 75.7 cm³/mol. The van der Waals surface area contributed by atoms with E-state index >= 15 is 0 Å². The van der Waals surface area contributed by atoms with Gasteiger partial charge in [-0.2, -0.15) is 0 Å². The van der Waals surface area contributed by atoms with Gasteiger partial charge in [-0.1, -0.05) is 0 Å². The molecule has 100 valence electrons. The van der Waals surface area contributed by atoms with Crippen LogP contribution in [0.25, 0.3) is 0 Å². The summed E-state index contributed by atoms with van der Waals surface area (Å²) in [6.45, 7) is 5.64. The number of nitrogens with zero attached hydrogens (tertiary/aromatic N) is 2. The molecule has 4 nitrogen and oxygen atoms in total. The van der Waals surface area contributed by atoms with E-state index in [1.807, 2.05) is 13.1 Å². The molecular weight excluding hydrogens is 294 g/mol. The Morgan fingerprint density at radius 1 is 1.39 bits per heavy atom. The minimum Gasteiger partial charge on any atom is -0.369 e. The first-order valence-corrected chi connectivity index (χ1v) is 7.42. The van der Waals surface area contributed by atoms with Crippen molar-refractivity contribution in [3.8, 4) is 0 Å². The molecule has 0 atom stereocenters. The zero-order valence-corrected chi connectivity index (χ0v) is 12.6. The maximum absolute atomic E-state index is 5.98. The number of ether oxygens (including phenoxy) is 1. The zero-order chi connectivity index (χ0) is 13.0. The largest absolute Gasteiger partial charge is 0.369 e. The molecular formula is C13H20BrN3O. The summed E-state index contributed by atoms with van der Waals surface area (Å²) in [4.78, 5) is 9.11. The molecule has 1 N–H and O–H groups in total. The molecule has 2 rings (SSSR count). The van der Waals surface area contributed by atoms with E-state index in [9.17, 15) is 0 Å². The standard InChI is InChI=1S/C13H20BrN3O/c1-3-15-11-10(14)9-16-12(17-11)13(18-4-2)7-5-6-8-13/h9H,3-8H2,1-2H3,(H,15,16,17). The Bertz CT molecular complexity index is 405. The van der Waals surface area contributed by atoms with E-state index in [2.05, 4.69) is 38.1 Å². The highest BCUT2D eigenvalue weighted by Crippen LogP contribution is 2.41. The van der Waals surface area contributed by atoms with Gasteiger partial charge in [0.1, 0.15) is 11.4 Å². The lowest BCUT2D eigenvalue weighted by Crippen LogP contribution is -2.29. The Morgan fingerprint density at radius 2 is 2.11 bits per heavy atom. The Balaban J connectivity index is 2.33. The summed E-state index contributed by atoms with van der Waals surface area (Å²) < 4.78 is 6.88. The smallest absolute Gasteiger partial charge is 0.162 e. The molecule has 1 aromatic rings. The van der Waals surface area contributed by atoms with Crippen molar-refractivity contribution in [3.63, 3.8) is 0 Å². The highest BCUT2D eigenvalue weighted by molar-refractivity contribution is 9.10. The van der Waals surface area contributed by atoms with Gasteiger partial charge in [0.25, 0.3) is 0 Å². The molecule has 0 radical (unpaired) electrons. The molecule has 0 aliphatic heterocycles. The first-order chi connectivity index (χ1) is 8.72. The summed E-state index contributed by atoms with van der Waals surface area (Å²) in [5.74, 6) is 1.68. The SMILES string of the molecule is CCNc1nc(C2(OCC)CCCC2)ncc1Br. The number of hydrogen-bond donors (Lipinski definition) is 1. The zero-order valence-electron chi connectivity index (χ0n) is 11.0. The maximum Gasteiger partial charge on any atom is 0.162 e. The van der Waals surface area contributed by atoms with Crippen molar-refractivity contribution in [1.82, 2.24) is 9.97 Å². The Morgan fingerprint density at radius 3 is 2.72 bits per heavy atom. The normalized spacial score (nSPS) is 17.9. The topological polar surface area (TPSA) is 47.0 Å². The average Bonchev–Trinajstić information content (AvgIpc) is 2.82. The molecule has 1 aromatic heterocycles. The second-order valence-corrected chi connectivity index (χ2v) is 5.41. The first kappa shape index (κ1) is 13.7. The van der Waals surface area contributed by atoms with Gasteiger partial charge in [-0.25, -0.2) is 9.97 Å². The molecule has 0 aromatic carbocycles. The molecule has 1 saturated carbocycles. The summed E-state index contributed by atoms with van der Waals surface area (Å²) >= 11 is 3.47. The molecule has 0 amide bonds. The summed E-state index contributed by atoms with van der Waals surface area (Å²) in [6.07, 6.45) is 6.24. The van der Waals surface area contributed by atoms with Gasteiger partial charge in [0.15, 0.2) is 5.82 Å². The fourth-order valence-electron chi connectivity index (χ4n) is 2.53. The van der Waals surface area contributed by atoms with Crippen LogP contribution < -0.4 is 5.32 Å². The minimum atomic E-state index is -0.264. The molecule has 1 aliphatic carbocycles. The van der Waals surface area contributed by atoms with Crippen molar-refractivity contribution < 1.29 is 4.74 Å². The molecule has 5 heteroatoms. The van der Waals surface area contributed by atoms with Crippen LogP contribution in [0.2, 0.25) is 0 Å². The van der Waals surface area contributed by atoms with E-state index in [0.29, 0.717) is 6.61 Å². The van der Waals surface area contributed by atoms with E-state index in [4.69, 9.17) is 4.74 Å². The monoisotopic (exact) mass is 313 g/mol. The Hall–Kier alpha value is -0.680. The molecule has 1 aliphatic rings.